The van der Waals surface area contributed by atoms with Crippen LogP contribution in [0, 0.1) is 0 Å². The first-order chi connectivity index (χ1) is 8.69. The van der Waals surface area contributed by atoms with Crippen molar-refractivity contribution >= 4 is 0 Å². The van der Waals surface area contributed by atoms with Crippen molar-refractivity contribution < 1.29 is 0 Å². The molecule has 0 amide bonds. The van der Waals surface area contributed by atoms with E-state index in [1.54, 1.807) is 0 Å². The number of rotatable bonds is 4. The molecule has 0 radical (unpaired) electrons. The van der Waals surface area contributed by atoms with Gasteiger partial charge in [0, 0.05) is 6.04 Å². The molecule has 2 aromatic rings. The first-order valence-electron chi connectivity index (χ1n) is 6.61. The Kier molecular flexibility index (Phi) is 4.16. The molecule has 18 heavy (non-hydrogen) atoms. The Hall–Kier alpha value is -1.60. The standard InChI is InChI=1S/C17H21N/c1-3-14-4-6-15(7-5-14)12-16-8-10-17(11-9-16)13(2)18/h4-11,13H,3,12,18H2,1-2H3/t13-/m1/s1. The van der Waals surface area contributed by atoms with Gasteiger partial charge in [-0.1, -0.05) is 55.5 Å². The van der Waals surface area contributed by atoms with E-state index in [4.69, 9.17) is 5.73 Å². The zero-order chi connectivity index (χ0) is 13.0. The Balaban J connectivity index is 2.08. The van der Waals surface area contributed by atoms with E-state index in [0.29, 0.717) is 0 Å². The van der Waals surface area contributed by atoms with Gasteiger partial charge in [-0.2, -0.15) is 0 Å². The number of aryl methyl sites for hydroxylation is 1. The minimum Gasteiger partial charge on any atom is -0.324 e. The van der Waals surface area contributed by atoms with Crippen molar-refractivity contribution in [3.8, 4) is 0 Å². The van der Waals surface area contributed by atoms with E-state index in [1.807, 2.05) is 6.92 Å². The molecule has 0 aliphatic carbocycles. The minimum absolute atomic E-state index is 0.114. The fourth-order valence-corrected chi connectivity index (χ4v) is 2.07. The molecule has 0 saturated heterocycles. The lowest BCUT2D eigenvalue weighted by Crippen LogP contribution is -2.04. The van der Waals surface area contributed by atoms with Crippen LogP contribution in [0.1, 0.15) is 42.1 Å². The molecule has 0 aliphatic heterocycles. The average molecular weight is 239 g/mol. The third-order valence-corrected chi connectivity index (χ3v) is 3.34. The summed E-state index contributed by atoms with van der Waals surface area (Å²) in [4.78, 5) is 0. The Bertz CT molecular complexity index is 480. The van der Waals surface area contributed by atoms with Gasteiger partial charge in [0.1, 0.15) is 0 Å². The fraction of sp³-hybridized carbons (Fsp3) is 0.294. The summed E-state index contributed by atoms with van der Waals surface area (Å²) in [7, 11) is 0. The van der Waals surface area contributed by atoms with Gasteiger partial charge in [-0.3, -0.25) is 0 Å². The minimum atomic E-state index is 0.114. The summed E-state index contributed by atoms with van der Waals surface area (Å²) in [5.41, 5.74) is 11.1. The molecule has 2 aromatic carbocycles. The monoisotopic (exact) mass is 239 g/mol. The number of hydrogen-bond donors (Lipinski definition) is 1. The van der Waals surface area contributed by atoms with E-state index in [1.165, 1.54) is 22.3 Å². The van der Waals surface area contributed by atoms with Crippen LogP contribution in [0.25, 0.3) is 0 Å². The fourth-order valence-electron chi connectivity index (χ4n) is 2.07. The molecule has 1 atom stereocenters. The van der Waals surface area contributed by atoms with Crippen LogP contribution in [0.4, 0.5) is 0 Å². The van der Waals surface area contributed by atoms with Crippen molar-refractivity contribution in [2.24, 2.45) is 5.73 Å². The van der Waals surface area contributed by atoms with Crippen LogP contribution in [0.15, 0.2) is 48.5 Å². The van der Waals surface area contributed by atoms with E-state index < -0.39 is 0 Å². The van der Waals surface area contributed by atoms with Gasteiger partial charge in [-0.05, 0) is 42.0 Å². The van der Waals surface area contributed by atoms with Gasteiger partial charge >= 0.3 is 0 Å². The normalized spacial score (nSPS) is 12.4. The molecule has 0 aromatic heterocycles. The highest BCUT2D eigenvalue weighted by Gasteiger charge is 2.00. The molecule has 0 bridgehead atoms. The van der Waals surface area contributed by atoms with Crippen LogP contribution in [-0.2, 0) is 12.8 Å². The number of hydrogen-bond acceptors (Lipinski definition) is 1. The van der Waals surface area contributed by atoms with Gasteiger partial charge in [0.2, 0.25) is 0 Å². The summed E-state index contributed by atoms with van der Waals surface area (Å²) in [6.07, 6.45) is 2.09. The number of benzene rings is 2. The molecule has 2 N–H and O–H groups in total. The van der Waals surface area contributed by atoms with Gasteiger partial charge in [0.25, 0.3) is 0 Å². The highest BCUT2D eigenvalue weighted by atomic mass is 14.6. The summed E-state index contributed by atoms with van der Waals surface area (Å²) in [6.45, 7) is 4.19. The SMILES string of the molecule is CCc1ccc(Cc2ccc([C@@H](C)N)cc2)cc1. The second-order valence-corrected chi connectivity index (χ2v) is 4.88. The topological polar surface area (TPSA) is 26.0 Å². The Labute approximate surface area is 110 Å². The van der Waals surface area contributed by atoms with Gasteiger partial charge in [-0.25, -0.2) is 0 Å². The Morgan fingerprint density at radius 1 is 0.833 bits per heavy atom. The molecule has 2 rings (SSSR count). The van der Waals surface area contributed by atoms with E-state index in [0.717, 1.165) is 12.8 Å². The molecule has 0 saturated carbocycles. The molecule has 0 spiro atoms. The van der Waals surface area contributed by atoms with E-state index in [-0.39, 0.29) is 6.04 Å². The third kappa shape index (κ3) is 3.21. The first-order valence-corrected chi connectivity index (χ1v) is 6.61. The molecular formula is C17H21N. The van der Waals surface area contributed by atoms with Crippen molar-refractivity contribution in [2.75, 3.05) is 0 Å². The average Bonchev–Trinajstić information content (AvgIpc) is 2.40. The van der Waals surface area contributed by atoms with Gasteiger partial charge in [0.05, 0.1) is 0 Å². The summed E-state index contributed by atoms with van der Waals surface area (Å²) < 4.78 is 0. The van der Waals surface area contributed by atoms with Crippen molar-refractivity contribution in [1.82, 2.24) is 0 Å². The molecule has 0 aliphatic rings. The lowest BCUT2D eigenvalue weighted by molar-refractivity contribution is 0.817. The van der Waals surface area contributed by atoms with Crippen molar-refractivity contribution in [3.63, 3.8) is 0 Å². The predicted octanol–water partition coefficient (Wildman–Crippen LogP) is 3.86. The molecule has 1 nitrogen and oxygen atoms in total. The lowest BCUT2D eigenvalue weighted by atomic mass is 10.0. The van der Waals surface area contributed by atoms with E-state index in [9.17, 15) is 0 Å². The molecule has 0 unspecified atom stereocenters. The Morgan fingerprint density at radius 2 is 1.28 bits per heavy atom. The van der Waals surface area contributed by atoms with Crippen molar-refractivity contribution in [1.29, 1.82) is 0 Å². The van der Waals surface area contributed by atoms with Crippen LogP contribution in [0.5, 0.6) is 0 Å². The van der Waals surface area contributed by atoms with E-state index >= 15 is 0 Å². The maximum atomic E-state index is 5.85. The smallest absolute Gasteiger partial charge is 0.0266 e. The second kappa shape index (κ2) is 5.83. The van der Waals surface area contributed by atoms with Crippen molar-refractivity contribution in [3.05, 3.63) is 70.8 Å². The van der Waals surface area contributed by atoms with Crippen LogP contribution < -0.4 is 5.73 Å². The quantitative estimate of drug-likeness (QED) is 0.861. The van der Waals surface area contributed by atoms with Crippen LogP contribution in [-0.4, -0.2) is 0 Å². The largest absolute Gasteiger partial charge is 0.324 e. The van der Waals surface area contributed by atoms with Crippen LogP contribution in [0.3, 0.4) is 0 Å². The summed E-state index contributed by atoms with van der Waals surface area (Å²) in [5.74, 6) is 0. The Morgan fingerprint density at radius 3 is 1.72 bits per heavy atom. The molecular weight excluding hydrogens is 218 g/mol. The zero-order valence-corrected chi connectivity index (χ0v) is 11.2. The van der Waals surface area contributed by atoms with Crippen LogP contribution in [0.2, 0.25) is 0 Å². The third-order valence-electron chi connectivity index (χ3n) is 3.34. The van der Waals surface area contributed by atoms with Gasteiger partial charge < -0.3 is 5.73 Å². The highest BCUT2D eigenvalue weighted by Crippen LogP contribution is 2.14. The lowest BCUT2D eigenvalue weighted by Gasteiger charge is -2.07. The highest BCUT2D eigenvalue weighted by molar-refractivity contribution is 5.31. The summed E-state index contributed by atoms with van der Waals surface area (Å²) in [5, 5.41) is 0. The van der Waals surface area contributed by atoms with Crippen molar-refractivity contribution in [2.45, 2.75) is 32.7 Å². The summed E-state index contributed by atoms with van der Waals surface area (Å²) >= 11 is 0. The maximum absolute atomic E-state index is 5.85. The maximum Gasteiger partial charge on any atom is 0.0266 e. The predicted molar refractivity (Wildman–Crippen MR) is 77.7 cm³/mol. The van der Waals surface area contributed by atoms with Crippen LogP contribution >= 0.6 is 0 Å². The molecule has 94 valence electrons. The first kappa shape index (κ1) is 12.8. The molecule has 0 fully saturated rings. The molecule has 1 heteroatoms. The zero-order valence-electron chi connectivity index (χ0n) is 11.2. The number of nitrogens with two attached hydrogens (primary N) is 1. The second-order valence-electron chi connectivity index (χ2n) is 4.88. The summed E-state index contributed by atoms with van der Waals surface area (Å²) in [6, 6.07) is 17.6. The molecule has 0 heterocycles. The van der Waals surface area contributed by atoms with Gasteiger partial charge in [0.15, 0.2) is 0 Å². The van der Waals surface area contributed by atoms with E-state index in [2.05, 4.69) is 55.5 Å². The van der Waals surface area contributed by atoms with Gasteiger partial charge in [-0.15, -0.1) is 0 Å².